The van der Waals surface area contributed by atoms with E-state index < -0.39 is 6.29 Å². The molecule has 0 aliphatic carbocycles. The zero-order valence-corrected chi connectivity index (χ0v) is 24.8. The monoisotopic (exact) mass is 598 g/mol. The second-order valence-electron chi connectivity index (χ2n) is 10.5. The number of ether oxygens (including phenoxy) is 2. The van der Waals surface area contributed by atoms with Gasteiger partial charge in [-0.1, -0.05) is 97.1 Å². The van der Waals surface area contributed by atoms with E-state index in [1.54, 1.807) is 11.8 Å². The van der Waals surface area contributed by atoms with Gasteiger partial charge in [-0.3, -0.25) is 0 Å². The van der Waals surface area contributed by atoms with Gasteiger partial charge in [-0.15, -0.1) is 0 Å². The van der Waals surface area contributed by atoms with E-state index in [0.717, 1.165) is 51.1 Å². The van der Waals surface area contributed by atoms with E-state index in [9.17, 15) is 15.0 Å². The van der Waals surface area contributed by atoms with Crippen LogP contribution in [0.5, 0.6) is 0 Å². The van der Waals surface area contributed by atoms with Crippen LogP contribution >= 0.6 is 11.8 Å². The van der Waals surface area contributed by atoms with Gasteiger partial charge in [0.25, 0.3) is 0 Å². The van der Waals surface area contributed by atoms with E-state index in [1.165, 1.54) is 0 Å². The molecule has 0 aromatic heterocycles. The molecule has 7 nitrogen and oxygen atoms in total. The van der Waals surface area contributed by atoms with Crippen molar-refractivity contribution >= 4 is 17.8 Å². The Labute approximate surface area is 257 Å². The van der Waals surface area contributed by atoms with Crippen molar-refractivity contribution in [1.29, 1.82) is 0 Å². The summed E-state index contributed by atoms with van der Waals surface area (Å²) in [6.45, 7) is 1.05. The molecule has 8 heteroatoms. The van der Waals surface area contributed by atoms with Crippen LogP contribution in [0, 0.1) is 0 Å². The zero-order valence-electron chi connectivity index (χ0n) is 24.0. The van der Waals surface area contributed by atoms with Crippen molar-refractivity contribution in [2.24, 2.45) is 0 Å². The Balaban J connectivity index is 1.22. The van der Waals surface area contributed by atoms with E-state index in [-0.39, 0.29) is 31.5 Å². The Bertz CT molecular complexity index is 1430. The molecule has 0 saturated carbocycles. The largest absolute Gasteiger partial charge is 0.396 e. The third-order valence-electron chi connectivity index (χ3n) is 7.35. The Morgan fingerprint density at radius 2 is 1.44 bits per heavy atom. The SMILES string of the molecule is O=C(NCc1ccccc1)NCc1cccc(-c2ccc([C@@H]3O[C@H](CSCCO)C[C@H](c4ccc(CO)cc4)O3)cc2)c1. The van der Waals surface area contributed by atoms with Gasteiger partial charge in [0.15, 0.2) is 6.29 Å². The lowest BCUT2D eigenvalue weighted by Gasteiger charge is -2.36. The van der Waals surface area contributed by atoms with Crippen LogP contribution in [-0.4, -0.2) is 40.5 Å². The number of thioether (sulfide) groups is 1. The molecular formula is C35H38N2O5S. The summed E-state index contributed by atoms with van der Waals surface area (Å²) in [4.78, 5) is 12.3. The molecule has 0 radical (unpaired) electrons. The van der Waals surface area contributed by atoms with Crippen LogP contribution in [0.1, 0.15) is 46.6 Å². The van der Waals surface area contributed by atoms with Crippen molar-refractivity contribution in [1.82, 2.24) is 10.6 Å². The fourth-order valence-electron chi connectivity index (χ4n) is 5.02. The van der Waals surface area contributed by atoms with Gasteiger partial charge >= 0.3 is 6.03 Å². The van der Waals surface area contributed by atoms with Gasteiger partial charge in [0.1, 0.15) is 0 Å². The Kier molecular flexibility index (Phi) is 11.2. The average molecular weight is 599 g/mol. The second kappa shape index (κ2) is 15.7. The summed E-state index contributed by atoms with van der Waals surface area (Å²) < 4.78 is 12.8. The maximum Gasteiger partial charge on any atom is 0.315 e. The summed E-state index contributed by atoms with van der Waals surface area (Å²) in [5, 5.41) is 24.5. The Morgan fingerprint density at radius 3 is 2.16 bits per heavy atom. The lowest BCUT2D eigenvalue weighted by molar-refractivity contribution is -0.245. The topological polar surface area (TPSA) is 100 Å². The highest BCUT2D eigenvalue weighted by Crippen LogP contribution is 2.39. The van der Waals surface area contributed by atoms with E-state index in [0.29, 0.717) is 18.8 Å². The average Bonchev–Trinajstić information content (AvgIpc) is 3.07. The number of nitrogens with one attached hydrogen (secondary N) is 2. The molecule has 1 saturated heterocycles. The highest BCUT2D eigenvalue weighted by molar-refractivity contribution is 7.99. The van der Waals surface area contributed by atoms with Gasteiger partial charge in [-0.25, -0.2) is 4.79 Å². The van der Waals surface area contributed by atoms with E-state index >= 15 is 0 Å². The molecule has 2 amide bonds. The van der Waals surface area contributed by atoms with Gasteiger partial charge in [-0.2, -0.15) is 11.8 Å². The summed E-state index contributed by atoms with van der Waals surface area (Å²) in [6.07, 6.45) is 0.0397. The standard InChI is InChI=1S/C35H38N2O5S/c38-17-18-43-24-32-20-33(29-11-9-26(23-39)10-12-29)42-34(41-32)30-15-13-28(14-16-30)31-8-4-7-27(19-31)22-37-35(40)36-21-25-5-2-1-3-6-25/h1-16,19,32-34,38-39H,17-18,20-24H2,(H2,36,37,40)/t32-,33+,34+/m0/s1. The molecular weight excluding hydrogens is 560 g/mol. The van der Waals surface area contributed by atoms with Crippen LogP contribution in [0.15, 0.2) is 103 Å². The van der Waals surface area contributed by atoms with Crippen molar-refractivity contribution < 1.29 is 24.5 Å². The molecule has 0 unspecified atom stereocenters. The molecule has 4 aromatic rings. The quantitative estimate of drug-likeness (QED) is 0.147. The van der Waals surface area contributed by atoms with Crippen molar-refractivity contribution in [3.8, 4) is 11.1 Å². The van der Waals surface area contributed by atoms with Crippen LogP contribution in [0.4, 0.5) is 4.79 Å². The number of rotatable bonds is 12. The first-order chi connectivity index (χ1) is 21.1. The predicted molar refractivity (Wildman–Crippen MR) is 170 cm³/mol. The third kappa shape index (κ3) is 8.92. The first-order valence-corrected chi connectivity index (χ1v) is 15.7. The molecule has 3 atom stereocenters. The number of hydrogen-bond donors (Lipinski definition) is 4. The molecule has 43 heavy (non-hydrogen) atoms. The summed E-state index contributed by atoms with van der Waals surface area (Å²) in [5.74, 6) is 1.44. The number of aliphatic hydroxyl groups excluding tert-OH is 2. The lowest BCUT2D eigenvalue weighted by Crippen LogP contribution is -2.34. The molecule has 224 valence electrons. The molecule has 4 aromatic carbocycles. The van der Waals surface area contributed by atoms with Gasteiger partial charge < -0.3 is 30.3 Å². The molecule has 5 rings (SSSR count). The number of amides is 2. The van der Waals surface area contributed by atoms with Crippen molar-refractivity contribution in [3.05, 3.63) is 131 Å². The summed E-state index contributed by atoms with van der Waals surface area (Å²) in [5.41, 5.74) is 7.03. The molecule has 1 fully saturated rings. The highest BCUT2D eigenvalue weighted by Gasteiger charge is 2.32. The fraction of sp³-hybridized carbons (Fsp3) is 0.286. The number of aliphatic hydroxyl groups is 2. The van der Waals surface area contributed by atoms with Crippen molar-refractivity contribution in [3.63, 3.8) is 0 Å². The first kappa shape index (κ1) is 30.8. The van der Waals surface area contributed by atoms with Gasteiger partial charge in [0, 0.05) is 36.6 Å². The van der Waals surface area contributed by atoms with Crippen molar-refractivity contribution in [2.45, 2.75) is 44.6 Å². The molecule has 1 aliphatic heterocycles. The summed E-state index contributed by atoms with van der Waals surface area (Å²) >= 11 is 1.67. The smallest absolute Gasteiger partial charge is 0.315 e. The van der Waals surface area contributed by atoms with E-state index in [1.807, 2.05) is 78.9 Å². The Morgan fingerprint density at radius 1 is 0.744 bits per heavy atom. The lowest BCUT2D eigenvalue weighted by atomic mass is 9.99. The zero-order chi connectivity index (χ0) is 29.9. The third-order valence-corrected chi connectivity index (χ3v) is 8.43. The van der Waals surface area contributed by atoms with Gasteiger partial charge in [-0.05, 0) is 39.4 Å². The summed E-state index contributed by atoms with van der Waals surface area (Å²) in [7, 11) is 0. The maximum absolute atomic E-state index is 12.3. The predicted octanol–water partition coefficient (Wildman–Crippen LogP) is 6.12. The van der Waals surface area contributed by atoms with Crippen LogP contribution in [0.25, 0.3) is 11.1 Å². The number of carbonyl (C=O) groups is 1. The van der Waals surface area contributed by atoms with E-state index in [4.69, 9.17) is 9.47 Å². The molecule has 0 bridgehead atoms. The number of urea groups is 1. The van der Waals surface area contributed by atoms with Crippen molar-refractivity contribution in [2.75, 3.05) is 18.1 Å². The minimum atomic E-state index is -0.519. The van der Waals surface area contributed by atoms with Crippen LogP contribution in [0.3, 0.4) is 0 Å². The van der Waals surface area contributed by atoms with Crippen LogP contribution in [-0.2, 0) is 29.2 Å². The maximum atomic E-state index is 12.3. The molecule has 1 heterocycles. The van der Waals surface area contributed by atoms with Gasteiger partial charge in [0.2, 0.25) is 0 Å². The normalized spacial score (nSPS) is 18.2. The number of benzene rings is 4. The second-order valence-corrected chi connectivity index (χ2v) is 11.6. The van der Waals surface area contributed by atoms with Crippen LogP contribution in [0.2, 0.25) is 0 Å². The van der Waals surface area contributed by atoms with E-state index in [2.05, 4.69) is 34.9 Å². The Hall–Kier alpha value is -3.66. The highest BCUT2D eigenvalue weighted by atomic mass is 32.2. The first-order valence-electron chi connectivity index (χ1n) is 14.6. The number of hydrogen-bond acceptors (Lipinski definition) is 6. The minimum absolute atomic E-state index is 0.00776. The fourth-order valence-corrected chi connectivity index (χ4v) is 5.79. The van der Waals surface area contributed by atoms with Crippen LogP contribution < -0.4 is 10.6 Å². The molecule has 0 spiro atoms. The van der Waals surface area contributed by atoms with Gasteiger partial charge in [0.05, 0.1) is 25.4 Å². The molecule has 4 N–H and O–H groups in total. The number of carbonyl (C=O) groups excluding carboxylic acids is 1. The summed E-state index contributed by atoms with van der Waals surface area (Å²) in [6, 6.07) is 33.8. The molecule has 1 aliphatic rings. The minimum Gasteiger partial charge on any atom is -0.396 e.